The molecule has 6 heteroatoms. The molecular formula is C24H19N3O3. The smallest absolute Gasteiger partial charge is 0.256 e. The number of carbonyl (C=O) groups excluding carboxylic acids is 1. The molecule has 6 nitrogen and oxygen atoms in total. The third kappa shape index (κ3) is 3.33. The van der Waals surface area contributed by atoms with E-state index in [1.54, 1.807) is 12.4 Å². The number of aryl methyl sites for hydroxylation is 1. The number of hydrogen-bond acceptors (Lipinski definition) is 5. The van der Waals surface area contributed by atoms with Crippen LogP contribution in [0, 0.1) is 6.92 Å². The molecule has 0 atom stereocenters. The Labute approximate surface area is 173 Å². The van der Waals surface area contributed by atoms with Crippen molar-refractivity contribution in [3.8, 4) is 22.8 Å². The molecule has 0 aliphatic carbocycles. The van der Waals surface area contributed by atoms with E-state index in [1.807, 2.05) is 61.5 Å². The molecule has 148 valence electrons. The van der Waals surface area contributed by atoms with Crippen LogP contribution in [0.5, 0.6) is 11.5 Å². The third-order valence-corrected chi connectivity index (χ3v) is 5.09. The molecule has 0 bridgehead atoms. The standard InChI is InChI=1S/C24H19N3O3/c1-15-8-9-25-14-21(15)27-24(28)18-13-20(26-19-5-3-2-4-17(18)19)16-6-7-22-23(12-16)30-11-10-29-22/h2-9,12-14H,10-11H2,1H3,(H,27,28). The molecule has 0 spiro atoms. The Hall–Kier alpha value is -3.93. The summed E-state index contributed by atoms with van der Waals surface area (Å²) >= 11 is 0. The number of nitrogens with one attached hydrogen (secondary N) is 1. The normalized spacial score (nSPS) is 12.6. The van der Waals surface area contributed by atoms with Crippen molar-refractivity contribution in [3.63, 3.8) is 0 Å². The van der Waals surface area contributed by atoms with Gasteiger partial charge in [0.2, 0.25) is 0 Å². The highest BCUT2D eigenvalue weighted by atomic mass is 16.6. The largest absolute Gasteiger partial charge is 0.486 e. The van der Waals surface area contributed by atoms with Gasteiger partial charge in [0.15, 0.2) is 11.5 Å². The number of ether oxygens (including phenoxy) is 2. The van der Waals surface area contributed by atoms with E-state index >= 15 is 0 Å². The third-order valence-electron chi connectivity index (χ3n) is 5.09. The second-order valence-electron chi connectivity index (χ2n) is 7.08. The molecular weight excluding hydrogens is 378 g/mol. The fraction of sp³-hybridized carbons (Fsp3) is 0.125. The molecule has 1 amide bonds. The summed E-state index contributed by atoms with van der Waals surface area (Å²) in [6.07, 6.45) is 3.35. The van der Waals surface area contributed by atoms with Crippen molar-refractivity contribution in [1.29, 1.82) is 0 Å². The highest BCUT2D eigenvalue weighted by Crippen LogP contribution is 2.35. The number of pyridine rings is 2. The topological polar surface area (TPSA) is 73.3 Å². The van der Waals surface area contributed by atoms with Crippen molar-refractivity contribution >= 4 is 22.5 Å². The lowest BCUT2D eigenvalue weighted by Crippen LogP contribution is -2.15. The summed E-state index contributed by atoms with van der Waals surface area (Å²) in [5.41, 5.74) is 4.48. The summed E-state index contributed by atoms with van der Waals surface area (Å²) in [6, 6.07) is 17.0. The summed E-state index contributed by atoms with van der Waals surface area (Å²) in [5, 5.41) is 3.76. The predicted molar refractivity (Wildman–Crippen MR) is 115 cm³/mol. The van der Waals surface area contributed by atoms with Crippen molar-refractivity contribution in [2.24, 2.45) is 0 Å². The van der Waals surface area contributed by atoms with Crippen LogP contribution in [0.1, 0.15) is 15.9 Å². The molecule has 30 heavy (non-hydrogen) atoms. The van der Waals surface area contributed by atoms with E-state index in [1.165, 1.54) is 0 Å². The van der Waals surface area contributed by atoms with Crippen LogP contribution in [0.25, 0.3) is 22.2 Å². The van der Waals surface area contributed by atoms with E-state index in [9.17, 15) is 4.79 Å². The zero-order valence-corrected chi connectivity index (χ0v) is 16.4. The van der Waals surface area contributed by atoms with Crippen LogP contribution in [0.3, 0.4) is 0 Å². The Morgan fingerprint density at radius 2 is 1.83 bits per heavy atom. The van der Waals surface area contributed by atoms with E-state index < -0.39 is 0 Å². The number of anilines is 1. The second kappa shape index (κ2) is 7.48. The first-order valence-corrected chi connectivity index (χ1v) is 9.71. The molecule has 2 aromatic carbocycles. The van der Waals surface area contributed by atoms with Gasteiger partial charge in [0.1, 0.15) is 13.2 Å². The van der Waals surface area contributed by atoms with Crippen LogP contribution in [0.15, 0.2) is 67.0 Å². The number of aromatic nitrogens is 2. The molecule has 1 aliphatic rings. The van der Waals surface area contributed by atoms with Gasteiger partial charge >= 0.3 is 0 Å². The van der Waals surface area contributed by atoms with Gasteiger partial charge in [-0.2, -0.15) is 0 Å². The monoisotopic (exact) mass is 397 g/mol. The van der Waals surface area contributed by atoms with Crippen molar-refractivity contribution < 1.29 is 14.3 Å². The lowest BCUT2D eigenvalue weighted by Gasteiger charge is -2.19. The molecule has 0 saturated carbocycles. The van der Waals surface area contributed by atoms with Gasteiger partial charge < -0.3 is 14.8 Å². The Bertz CT molecular complexity index is 1270. The van der Waals surface area contributed by atoms with Gasteiger partial charge in [-0.25, -0.2) is 4.98 Å². The summed E-state index contributed by atoms with van der Waals surface area (Å²) in [4.78, 5) is 22.1. The number of para-hydroxylation sites is 1. The molecule has 1 aliphatic heterocycles. The van der Waals surface area contributed by atoms with Crippen molar-refractivity contribution in [2.75, 3.05) is 18.5 Å². The maximum absolute atomic E-state index is 13.2. The number of amides is 1. The quantitative estimate of drug-likeness (QED) is 0.546. The lowest BCUT2D eigenvalue weighted by molar-refractivity contribution is 0.102. The minimum Gasteiger partial charge on any atom is -0.486 e. The average Bonchev–Trinajstić information content (AvgIpc) is 2.79. The number of benzene rings is 2. The molecule has 5 rings (SSSR count). The Balaban J connectivity index is 1.60. The first-order valence-electron chi connectivity index (χ1n) is 9.71. The summed E-state index contributed by atoms with van der Waals surface area (Å²) in [6.45, 7) is 2.99. The van der Waals surface area contributed by atoms with Crippen molar-refractivity contribution in [3.05, 3.63) is 78.1 Å². The van der Waals surface area contributed by atoms with Crippen LogP contribution in [-0.4, -0.2) is 29.1 Å². The van der Waals surface area contributed by atoms with E-state index in [-0.39, 0.29) is 5.91 Å². The molecule has 3 heterocycles. The van der Waals surface area contributed by atoms with E-state index in [4.69, 9.17) is 14.5 Å². The van der Waals surface area contributed by atoms with Crippen molar-refractivity contribution in [1.82, 2.24) is 9.97 Å². The predicted octanol–water partition coefficient (Wildman–Crippen LogP) is 4.63. The first-order chi connectivity index (χ1) is 14.7. The number of rotatable bonds is 3. The minimum absolute atomic E-state index is 0.205. The fourth-order valence-electron chi connectivity index (χ4n) is 3.50. The van der Waals surface area contributed by atoms with Gasteiger partial charge in [0.05, 0.1) is 28.7 Å². The first kappa shape index (κ1) is 18.1. The van der Waals surface area contributed by atoms with Crippen LogP contribution < -0.4 is 14.8 Å². The SMILES string of the molecule is Cc1ccncc1NC(=O)c1cc(-c2ccc3c(c2)OCCO3)nc2ccccc12. The van der Waals surface area contributed by atoms with Crippen LogP contribution in [0.4, 0.5) is 5.69 Å². The minimum atomic E-state index is -0.205. The molecule has 0 unspecified atom stereocenters. The highest BCUT2D eigenvalue weighted by Gasteiger charge is 2.17. The second-order valence-corrected chi connectivity index (χ2v) is 7.08. The molecule has 0 radical (unpaired) electrons. The van der Waals surface area contributed by atoms with Crippen molar-refractivity contribution in [2.45, 2.75) is 6.92 Å². The maximum Gasteiger partial charge on any atom is 0.256 e. The number of carbonyl (C=O) groups is 1. The number of fused-ring (bicyclic) bond motifs is 2. The van der Waals surface area contributed by atoms with Crippen LogP contribution in [-0.2, 0) is 0 Å². The summed E-state index contributed by atoms with van der Waals surface area (Å²) in [5.74, 6) is 1.20. The molecule has 0 fully saturated rings. The summed E-state index contributed by atoms with van der Waals surface area (Å²) in [7, 11) is 0. The van der Waals surface area contributed by atoms with Gasteiger partial charge in [-0.05, 0) is 48.9 Å². The molecule has 0 saturated heterocycles. The van der Waals surface area contributed by atoms with E-state index in [0.717, 1.165) is 27.8 Å². The van der Waals surface area contributed by atoms with Gasteiger partial charge in [-0.15, -0.1) is 0 Å². The molecule has 1 N–H and O–H groups in total. The molecule has 4 aromatic rings. The van der Waals surface area contributed by atoms with Gasteiger partial charge in [0.25, 0.3) is 5.91 Å². The van der Waals surface area contributed by atoms with Gasteiger partial charge in [-0.3, -0.25) is 9.78 Å². The summed E-state index contributed by atoms with van der Waals surface area (Å²) < 4.78 is 11.3. The molecule has 2 aromatic heterocycles. The number of hydrogen-bond donors (Lipinski definition) is 1. The average molecular weight is 397 g/mol. The van der Waals surface area contributed by atoms with E-state index in [2.05, 4.69) is 10.3 Å². The fourth-order valence-corrected chi connectivity index (χ4v) is 3.50. The zero-order chi connectivity index (χ0) is 20.5. The Morgan fingerprint density at radius 3 is 2.70 bits per heavy atom. The van der Waals surface area contributed by atoms with E-state index in [0.29, 0.717) is 35.9 Å². The Morgan fingerprint density at radius 1 is 1.00 bits per heavy atom. The maximum atomic E-state index is 13.2. The van der Waals surface area contributed by atoms with Gasteiger partial charge in [-0.1, -0.05) is 18.2 Å². The van der Waals surface area contributed by atoms with Crippen LogP contribution in [0.2, 0.25) is 0 Å². The van der Waals surface area contributed by atoms with Crippen LogP contribution >= 0.6 is 0 Å². The zero-order valence-electron chi connectivity index (χ0n) is 16.4. The lowest BCUT2D eigenvalue weighted by atomic mass is 10.0. The Kier molecular flexibility index (Phi) is 4.52. The highest BCUT2D eigenvalue weighted by molar-refractivity contribution is 6.13. The van der Waals surface area contributed by atoms with Gasteiger partial charge in [0, 0.05) is 17.1 Å². The number of nitrogens with zero attached hydrogens (tertiary/aromatic N) is 2.